The smallest absolute Gasteiger partial charge is 0.120 e. The Bertz CT molecular complexity index is 488. The van der Waals surface area contributed by atoms with Crippen LogP contribution in [0.15, 0.2) is 0 Å². The lowest BCUT2D eigenvalue weighted by Gasteiger charge is -2.62. The fourth-order valence-corrected chi connectivity index (χ4v) is 8.11. The van der Waals surface area contributed by atoms with Gasteiger partial charge in [-0.25, -0.2) is 0 Å². The molecule has 4 aliphatic carbocycles. The number of hydrogen-bond acceptors (Lipinski definition) is 2. The van der Waals surface area contributed by atoms with Gasteiger partial charge in [-0.15, -0.1) is 0 Å². The van der Waals surface area contributed by atoms with Crippen LogP contribution in [-0.4, -0.2) is 17.5 Å². The van der Waals surface area contributed by atoms with Gasteiger partial charge in [0.2, 0.25) is 0 Å². The third-order valence-electron chi connectivity index (χ3n) is 9.43. The van der Waals surface area contributed by atoms with Crippen LogP contribution in [0.1, 0.15) is 84.5 Å². The Labute approximate surface area is 147 Å². The van der Waals surface area contributed by atoms with E-state index in [0.29, 0.717) is 28.6 Å². The minimum atomic E-state index is -0.0689. The molecule has 0 aromatic rings. The van der Waals surface area contributed by atoms with E-state index >= 15 is 0 Å². The Hall–Kier alpha value is -0.370. The van der Waals surface area contributed by atoms with E-state index < -0.39 is 0 Å². The van der Waals surface area contributed by atoms with E-state index in [1.54, 1.807) is 0 Å². The monoisotopic (exact) mass is 332 g/mol. The second-order valence-electron chi connectivity index (χ2n) is 10.1. The molecule has 4 aliphatic rings. The summed E-state index contributed by atoms with van der Waals surface area (Å²) >= 11 is 0. The van der Waals surface area contributed by atoms with Crippen molar-refractivity contribution in [2.75, 3.05) is 0 Å². The molecule has 0 aliphatic heterocycles. The van der Waals surface area contributed by atoms with Crippen LogP contribution in [0.4, 0.5) is 0 Å². The summed E-state index contributed by atoms with van der Waals surface area (Å²) in [5.74, 6) is 3.44. The van der Waals surface area contributed by atoms with E-state index in [1.807, 2.05) is 0 Å². The third-order valence-corrected chi connectivity index (χ3v) is 9.43. The maximum Gasteiger partial charge on any atom is 0.120 e. The van der Waals surface area contributed by atoms with Gasteiger partial charge >= 0.3 is 0 Å². The topological polar surface area (TPSA) is 37.3 Å². The molecular weight excluding hydrogens is 296 g/mol. The van der Waals surface area contributed by atoms with Crippen molar-refractivity contribution in [3.05, 3.63) is 0 Å². The summed E-state index contributed by atoms with van der Waals surface area (Å²) in [6.45, 7) is 5.07. The second kappa shape index (κ2) is 6.11. The van der Waals surface area contributed by atoms with Crippen LogP contribution in [0.2, 0.25) is 0 Å². The van der Waals surface area contributed by atoms with Crippen LogP contribution in [0.25, 0.3) is 0 Å². The molecular formula is C22H36O2. The van der Waals surface area contributed by atoms with Crippen molar-refractivity contribution >= 4 is 6.29 Å². The van der Waals surface area contributed by atoms with Gasteiger partial charge in [-0.3, -0.25) is 0 Å². The van der Waals surface area contributed by atoms with E-state index in [0.717, 1.165) is 37.4 Å². The van der Waals surface area contributed by atoms with Gasteiger partial charge in [0.25, 0.3) is 0 Å². The highest BCUT2D eigenvalue weighted by Crippen LogP contribution is 2.67. The largest absolute Gasteiger partial charge is 0.393 e. The van der Waals surface area contributed by atoms with Crippen LogP contribution in [0, 0.1) is 40.4 Å². The number of carbonyl (C=O) groups is 1. The maximum absolute atomic E-state index is 11.1. The molecule has 4 fully saturated rings. The number of hydrogen-bond donors (Lipinski definition) is 1. The van der Waals surface area contributed by atoms with Crippen molar-refractivity contribution in [3.63, 3.8) is 0 Å². The summed E-state index contributed by atoms with van der Waals surface area (Å²) in [6.07, 6.45) is 14.6. The minimum absolute atomic E-state index is 0.0689. The Kier molecular flexibility index (Phi) is 4.34. The molecule has 0 saturated heterocycles. The van der Waals surface area contributed by atoms with Crippen LogP contribution >= 0.6 is 0 Å². The van der Waals surface area contributed by atoms with Crippen molar-refractivity contribution < 1.29 is 9.90 Å². The van der Waals surface area contributed by atoms with Gasteiger partial charge in [0.15, 0.2) is 0 Å². The molecule has 0 aromatic heterocycles. The molecule has 0 aromatic carbocycles. The van der Waals surface area contributed by atoms with E-state index in [-0.39, 0.29) is 6.10 Å². The molecule has 2 heteroatoms. The summed E-state index contributed by atoms with van der Waals surface area (Å²) in [6, 6.07) is 0. The molecule has 0 spiro atoms. The fraction of sp³-hybridized carbons (Fsp3) is 0.955. The first-order chi connectivity index (χ1) is 11.5. The van der Waals surface area contributed by atoms with Gasteiger partial charge in [-0.2, -0.15) is 0 Å². The molecule has 2 nitrogen and oxygen atoms in total. The maximum atomic E-state index is 11.1. The molecule has 4 rings (SSSR count). The van der Waals surface area contributed by atoms with Crippen LogP contribution < -0.4 is 0 Å². The molecule has 24 heavy (non-hydrogen) atoms. The Morgan fingerprint density at radius 1 is 1.00 bits per heavy atom. The van der Waals surface area contributed by atoms with Gasteiger partial charge < -0.3 is 9.90 Å². The number of aliphatic hydroxyl groups is 1. The Morgan fingerprint density at radius 3 is 2.58 bits per heavy atom. The Balaban J connectivity index is 1.61. The van der Waals surface area contributed by atoms with Crippen molar-refractivity contribution in [2.24, 2.45) is 40.4 Å². The van der Waals surface area contributed by atoms with Crippen LogP contribution in [-0.2, 0) is 4.79 Å². The quantitative estimate of drug-likeness (QED) is 0.740. The van der Waals surface area contributed by atoms with Crippen molar-refractivity contribution in [1.29, 1.82) is 0 Å². The molecule has 8 unspecified atom stereocenters. The van der Waals surface area contributed by atoms with E-state index in [2.05, 4.69) is 13.8 Å². The van der Waals surface area contributed by atoms with Crippen molar-refractivity contribution in [3.8, 4) is 0 Å². The third kappa shape index (κ3) is 2.35. The number of aldehydes is 1. The van der Waals surface area contributed by atoms with Crippen LogP contribution in [0.5, 0.6) is 0 Å². The lowest BCUT2D eigenvalue weighted by atomic mass is 9.44. The predicted octanol–water partition coefficient (Wildman–Crippen LogP) is 4.99. The van der Waals surface area contributed by atoms with Crippen molar-refractivity contribution in [2.45, 2.75) is 90.6 Å². The van der Waals surface area contributed by atoms with Gasteiger partial charge in [0.1, 0.15) is 6.29 Å². The molecule has 1 N–H and O–H groups in total. The molecule has 0 bridgehead atoms. The summed E-state index contributed by atoms with van der Waals surface area (Å²) in [7, 11) is 0. The molecule has 136 valence electrons. The fourth-order valence-electron chi connectivity index (χ4n) is 8.11. The second-order valence-corrected chi connectivity index (χ2v) is 10.1. The summed E-state index contributed by atoms with van der Waals surface area (Å²) < 4.78 is 0. The van der Waals surface area contributed by atoms with Gasteiger partial charge in [-0.1, -0.05) is 26.7 Å². The number of aliphatic hydroxyl groups excluding tert-OH is 1. The number of fused-ring (bicyclic) bond motifs is 5. The molecule has 0 heterocycles. The highest BCUT2D eigenvalue weighted by atomic mass is 16.3. The zero-order valence-corrected chi connectivity index (χ0v) is 15.7. The Morgan fingerprint density at radius 2 is 1.79 bits per heavy atom. The zero-order chi connectivity index (χ0) is 16.9. The average molecular weight is 333 g/mol. The minimum Gasteiger partial charge on any atom is -0.393 e. The van der Waals surface area contributed by atoms with Gasteiger partial charge in [-0.05, 0) is 91.8 Å². The number of carbonyl (C=O) groups excluding carboxylic acids is 1. The zero-order valence-electron chi connectivity index (χ0n) is 15.7. The number of rotatable bonds is 3. The summed E-state index contributed by atoms with van der Waals surface area (Å²) in [5.41, 5.74) is 0.868. The average Bonchev–Trinajstić information content (AvgIpc) is 2.90. The molecule has 0 radical (unpaired) electrons. The highest BCUT2D eigenvalue weighted by Gasteiger charge is 2.61. The van der Waals surface area contributed by atoms with E-state index in [4.69, 9.17) is 0 Å². The standard InChI is InChI=1S/C22H36O2/c1-21-11-4-3-6-16(21)14-19(24)20-17-9-8-15(7-5-13-23)22(17,2)12-10-18(20)21/h13,15-20,24H,3-12,14H2,1-2H3. The van der Waals surface area contributed by atoms with Crippen molar-refractivity contribution in [1.82, 2.24) is 0 Å². The molecule has 8 atom stereocenters. The SMILES string of the molecule is CC12CCC3C(C(O)CC4CCCCC43C)C1CCC2CCC=O. The lowest BCUT2D eigenvalue weighted by molar-refractivity contribution is -0.162. The first kappa shape index (κ1) is 17.1. The van der Waals surface area contributed by atoms with Gasteiger partial charge in [0, 0.05) is 6.42 Å². The van der Waals surface area contributed by atoms with E-state index in [9.17, 15) is 9.90 Å². The van der Waals surface area contributed by atoms with Crippen LogP contribution in [0.3, 0.4) is 0 Å². The normalized spacial score (nSPS) is 53.8. The first-order valence-electron chi connectivity index (χ1n) is 10.6. The summed E-state index contributed by atoms with van der Waals surface area (Å²) in [4.78, 5) is 10.9. The lowest BCUT2D eigenvalue weighted by Crippen LogP contribution is -2.57. The van der Waals surface area contributed by atoms with E-state index in [1.165, 1.54) is 51.4 Å². The van der Waals surface area contributed by atoms with Gasteiger partial charge in [0.05, 0.1) is 6.10 Å². The predicted molar refractivity (Wildman–Crippen MR) is 96.5 cm³/mol. The molecule has 4 saturated carbocycles. The highest BCUT2D eigenvalue weighted by molar-refractivity contribution is 5.49. The molecule has 0 amide bonds. The first-order valence-corrected chi connectivity index (χ1v) is 10.6. The summed E-state index contributed by atoms with van der Waals surface area (Å²) in [5, 5.41) is 11.1.